The minimum Gasteiger partial charge on any atom is -0.481 e. The first-order valence-electron chi connectivity index (χ1n) is 8.69. The molecule has 0 saturated carbocycles. The van der Waals surface area contributed by atoms with Gasteiger partial charge < -0.3 is 19.7 Å². The third-order valence-corrected chi connectivity index (χ3v) is 4.36. The average Bonchev–Trinajstić information content (AvgIpc) is 2.51. The van der Waals surface area contributed by atoms with Crippen LogP contribution in [0.4, 0.5) is 0 Å². The zero-order valence-electron chi connectivity index (χ0n) is 17.0. The molecule has 6 heteroatoms. The first-order chi connectivity index (χ1) is 11.8. The molecule has 1 aliphatic rings. The Balaban J connectivity index is 2.91. The SMILES string of the molecule is COC1=CCC(O)(O)C(c2nc(OC)cc(C(C)(C)C)c2C(C)(C)C)=N1. The van der Waals surface area contributed by atoms with Crippen molar-refractivity contribution in [2.45, 2.75) is 64.6 Å². The third kappa shape index (κ3) is 3.91. The molecule has 0 atom stereocenters. The highest BCUT2D eigenvalue weighted by molar-refractivity contribution is 6.06. The van der Waals surface area contributed by atoms with Gasteiger partial charge in [-0.3, -0.25) is 0 Å². The lowest BCUT2D eigenvalue weighted by atomic mass is 9.73. The fourth-order valence-corrected chi connectivity index (χ4v) is 3.09. The molecule has 2 rings (SSSR count). The standard InChI is InChI=1S/C20H30N2O4/c1-18(2,3)12-11-14(26-8)21-16(15(12)19(4,5)6)17-20(23,24)10-9-13(22-17)25-7/h9,11,23-24H,10H2,1-8H3. The van der Waals surface area contributed by atoms with Crippen LogP contribution in [0.3, 0.4) is 0 Å². The van der Waals surface area contributed by atoms with Gasteiger partial charge in [-0.1, -0.05) is 41.5 Å². The molecular weight excluding hydrogens is 332 g/mol. The van der Waals surface area contributed by atoms with E-state index in [1.807, 2.05) is 6.07 Å². The topological polar surface area (TPSA) is 84.2 Å². The molecule has 0 fully saturated rings. The highest BCUT2D eigenvalue weighted by Crippen LogP contribution is 2.39. The van der Waals surface area contributed by atoms with E-state index in [-0.39, 0.29) is 23.0 Å². The summed E-state index contributed by atoms with van der Waals surface area (Å²) in [6.07, 6.45) is 1.52. The fraction of sp³-hybridized carbons (Fsp3) is 0.600. The van der Waals surface area contributed by atoms with Crippen molar-refractivity contribution in [3.05, 3.63) is 34.8 Å². The molecule has 1 aromatic rings. The summed E-state index contributed by atoms with van der Waals surface area (Å²) in [5.41, 5.74) is 1.94. The van der Waals surface area contributed by atoms with Crippen molar-refractivity contribution in [3.8, 4) is 5.88 Å². The maximum atomic E-state index is 10.6. The highest BCUT2D eigenvalue weighted by atomic mass is 16.5. The van der Waals surface area contributed by atoms with E-state index in [4.69, 9.17) is 9.47 Å². The fourth-order valence-electron chi connectivity index (χ4n) is 3.09. The summed E-state index contributed by atoms with van der Waals surface area (Å²) in [5.74, 6) is -1.39. The molecule has 0 radical (unpaired) electrons. The van der Waals surface area contributed by atoms with Gasteiger partial charge in [-0.05, 0) is 28.0 Å². The molecule has 1 aliphatic heterocycles. The van der Waals surface area contributed by atoms with Crippen LogP contribution in [-0.2, 0) is 15.6 Å². The van der Waals surface area contributed by atoms with Gasteiger partial charge in [0.15, 0.2) is 0 Å². The van der Waals surface area contributed by atoms with Crippen molar-refractivity contribution in [2.24, 2.45) is 4.99 Å². The maximum Gasteiger partial charge on any atom is 0.213 e. The first-order valence-corrected chi connectivity index (χ1v) is 8.69. The van der Waals surface area contributed by atoms with Crippen molar-refractivity contribution in [3.63, 3.8) is 0 Å². The molecule has 0 unspecified atom stereocenters. The molecule has 26 heavy (non-hydrogen) atoms. The van der Waals surface area contributed by atoms with Crippen LogP contribution in [-0.4, -0.2) is 40.9 Å². The van der Waals surface area contributed by atoms with Gasteiger partial charge in [0.25, 0.3) is 0 Å². The summed E-state index contributed by atoms with van der Waals surface area (Å²) in [6.45, 7) is 12.5. The van der Waals surface area contributed by atoms with Crippen LogP contribution in [0.1, 0.15) is 64.8 Å². The van der Waals surface area contributed by atoms with E-state index in [1.165, 1.54) is 7.11 Å². The Hall–Kier alpha value is -1.92. The van der Waals surface area contributed by atoms with Crippen molar-refractivity contribution in [2.75, 3.05) is 14.2 Å². The van der Waals surface area contributed by atoms with Gasteiger partial charge >= 0.3 is 0 Å². The quantitative estimate of drug-likeness (QED) is 0.808. The summed E-state index contributed by atoms with van der Waals surface area (Å²) >= 11 is 0. The number of pyridine rings is 1. The first kappa shape index (κ1) is 20.4. The second-order valence-corrected chi connectivity index (χ2v) is 8.66. The van der Waals surface area contributed by atoms with Crippen LogP contribution in [0.2, 0.25) is 0 Å². The van der Waals surface area contributed by atoms with Crippen molar-refractivity contribution in [1.29, 1.82) is 0 Å². The molecule has 0 bridgehead atoms. The molecular formula is C20H30N2O4. The lowest BCUT2D eigenvalue weighted by Gasteiger charge is -2.34. The van der Waals surface area contributed by atoms with E-state index in [9.17, 15) is 10.2 Å². The van der Waals surface area contributed by atoms with E-state index in [0.29, 0.717) is 17.5 Å². The molecule has 0 amide bonds. The molecule has 2 N–H and O–H groups in total. The summed E-state index contributed by atoms with van der Waals surface area (Å²) in [4.78, 5) is 8.90. The highest BCUT2D eigenvalue weighted by Gasteiger charge is 2.40. The summed E-state index contributed by atoms with van der Waals surface area (Å²) < 4.78 is 10.6. The number of ether oxygens (including phenoxy) is 2. The zero-order chi connectivity index (χ0) is 19.9. The lowest BCUT2D eigenvalue weighted by molar-refractivity contribution is -0.0969. The van der Waals surface area contributed by atoms with Gasteiger partial charge in [0.05, 0.1) is 19.9 Å². The van der Waals surface area contributed by atoms with Crippen LogP contribution in [0, 0.1) is 0 Å². The Morgan fingerprint density at radius 2 is 1.62 bits per heavy atom. The van der Waals surface area contributed by atoms with Crippen LogP contribution >= 0.6 is 0 Å². The van der Waals surface area contributed by atoms with Crippen LogP contribution in [0.15, 0.2) is 23.0 Å². The lowest BCUT2D eigenvalue weighted by Crippen LogP contribution is -2.42. The molecule has 0 aliphatic carbocycles. The molecule has 0 spiro atoms. The number of hydrogen-bond acceptors (Lipinski definition) is 6. The predicted molar refractivity (Wildman–Crippen MR) is 102 cm³/mol. The third-order valence-electron chi connectivity index (χ3n) is 4.36. The van der Waals surface area contributed by atoms with E-state index in [0.717, 1.165) is 11.1 Å². The second kappa shape index (κ2) is 6.67. The van der Waals surface area contributed by atoms with Gasteiger partial charge in [-0.15, -0.1) is 0 Å². The van der Waals surface area contributed by atoms with Crippen molar-refractivity contribution in [1.82, 2.24) is 4.98 Å². The number of nitrogens with zero attached hydrogens (tertiary/aromatic N) is 2. The van der Waals surface area contributed by atoms with E-state index in [2.05, 4.69) is 51.5 Å². The van der Waals surface area contributed by atoms with Crippen LogP contribution in [0.5, 0.6) is 5.88 Å². The summed E-state index contributed by atoms with van der Waals surface area (Å²) in [6, 6.07) is 1.91. The van der Waals surface area contributed by atoms with Crippen LogP contribution < -0.4 is 4.74 Å². The van der Waals surface area contributed by atoms with Gasteiger partial charge in [-0.2, -0.15) is 0 Å². The largest absolute Gasteiger partial charge is 0.481 e. The number of methoxy groups -OCH3 is 2. The number of aromatic nitrogens is 1. The Kier molecular flexibility index (Phi) is 5.23. The molecule has 0 saturated heterocycles. The van der Waals surface area contributed by atoms with E-state index in [1.54, 1.807) is 13.2 Å². The molecule has 6 nitrogen and oxygen atoms in total. The minimum atomic E-state index is -2.13. The number of rotatable bonds is 3. The summed E-state index contributed by atoms with van der Waals surface area (Å²) in [7, 11) is 3.04. The van der Waals surface area contributed by atoms with Gasteiger partial charge in [-0.25, -0.2) is 9.98 Å². The Bertz CT molecular complexity index is 750. The van der Waals surface area contributed by atoms with Crippen LogP contribution in [0.25, 0.3) is 0 Å². The Morgan fingerprint density at radius 3 is 2.08 bits per heavy atom. The number of hydrogen-bond donors (Lipinski definition) is 2. The predicted octanol–water partition coefficient (Wildman–Crippen LogP) is 3.05. The van der Waals surface area contributed by atoms with Gasteiger partial charge in [0.2, 0.25) is 17.6 Å². The average molecular weight is 362 g/mol. The summed E-state index contributed by atoms with van der Waals surface area (Å²) in [5, 5.41) is 21.2. The monoisotopic (exact) mass is 362 g/mol. The second-order valence-electron chi connectivity index (χ2n) is 8.66. The maximum absolute atomic E-state index is 10.6. The van der Waals surface area contributed by atoms with Gasteiger partial charge in [0, 0.05) is 12.5 Å². The van der Waals surface area contributed by atoms with E-state index < -0.39 is 5.79 Å². The molecule has 2 heterocycles. The normalized spacial score (nSPS) is 17.5. The zero-order valence-corrected chi connectivity index (χ0v) is 17.0. The smallest absolute Gasteiger partial charge is 0.213 e. The van der Waals surface area contributed by atoms with Crippen molar-refractivity contribution >= 4 is 5.71 Å². The number of aliphatic hydroxyl groups is 2. The minimum absolute atomic E-state index is 0.0255. The molecule has 0 aromatic carbocycles. The molecule has 1 aromatic heterocycles. The number of aliphatic imine (C=N–C) groups is 1. The Labute approximate surface area is 155 Å². The van der Waals surface area contributed by atoms with E-state index >= 15 is 0 Å². The van der Waals surface area contributed by atoms with Crippen molar-refractivity contribution < 1.29 is 19.7 Å². The Morgan fingerprint density at radius 1 is 1.00 bits per heavy atom. The van der Waals surface area contributed by atoms with Gasteiger partial charge in [0.1, 0.15) is 5.71 Å². The molecule has 144 valence electrons.